The molecule has 1 amide bonds. The van der Waals surface area contributed by atoms with Crippen molar-refractivity contribution in [1.82, 2.24) is 4.90 Å². The van der Waals surface area contributed by atoms with Gasteiger partial charge in [0.15, 0.2) is 0 Å². The summed E-state index contributed by atoms with van der Waals surface area (Å²) < 4.78 is 11.8. The van der Waals surface area contributed by atoms with Gasteiger partial charge in [0, 0.05) is 17.7 Å². The van der Waals surface area contributed by atoms with Crippen molar-refractivity contribution in [2.24, 2.45) is 0 Å². The minimum Gasteiger partial charge on any atom is -0.507 e. The highest BCUT2D eigenvalue weighted by atomic mass is 16.5. The zero-order valence-electron chi connectivity index (χ0n) is 20.0. The first kappa shape index (κ1) is 24.4. The molecule has 1 fully saturated rings. The maximum atomic E-state index is 13.2. The van der Waals surface area contributed by atoms with Gasteiger partial charge in [-0.05, 0) is 52.3 Å². The van der Waals surface area contributed by atoms with Crippen molar-refractivity contribution in [2.75, 3.05) is 6.54 Å². The Morgan fingerprint density at radius 1 is 1.00 bits per heavy atom. The molecule has 176 valence electrons. The third-order valence-electron chi connectivity index (χ3n) is 5.35. The highest BCUT2D eigenvalue weighted by Gasteiger charge is 2.46. The summed E-state index contributed by atoms with van der Waals surface area (Å²) in [6.45, 7) is 10.1. The number of para-hydroxylation sites is 1. The number of amides is 1. The van der Waals surface area contributed by atoms with Crippen molar-refractivity contribution in [3.05, 3.63) is 65.2 Å². The van der Waals surface area contributed by atoms with E-state index in [-0.39, 0.29) is 23.5 Å². The Balaban J connectivity index is 2.18. The normalized spacial score (nSPS) is 17.8. The Morgan fingerprint density at radius 3 is 2.36 bits per heavy atom. The van der Waals surface area contributed by atoms with Crippen LogP contribution in [0.4, 0.5) is 0 Å². The van der Waals surface area contributed by atoms with Crippen LogP contribution < -0.4 is 9.47 Å². The molecule has 33 heavy (non-hydrogen) atoms. The van der Waals surface area contributed by atoms with Crippen molar-refractivity contribution in [1.29, 1.82) is 0 Å². The van der Waals surface area contributed by atoms with Gasteiger partial charge in [0.2, 0.25) is 0 Å². The van der Waals surface area contributed by atoms with Crippen molar-refractivity contribution < 1.29 is 24.2 Å². The van der Waals surface area contributed by atoms with Crippen LogP contribution in [0.2, 0.25) is 0 Å². The van der Waals surface area contributed by atoms with E-state index in [1.54, 1.807) is 29.2 Å². The molecule has 2 aromatic carbocycles. The molecular weight excluding hydrogens is 418 g/mol. The molecule has 1 aliphatic heterocycles. The fraction of sp³-hybridized carbons (Fsp3) is 0.407. The molecule has 6 heteroatoms. The fourth-order valence-electron chi connectivity index (χ4n) is 3.97. The van der Waals surface area contributed by atoms with Crippen LogP contribution in [0.15, 0.2) is 54.1 Å². The lowest BCUT2D eigenvalue weighted by atomic mass is 9.94. The van der Waals surface area contributed by atoms with Gasteiger partial charge in [-0.3, -0.25) is 9.59 Å². The van der Waals surface area contributed by atoms with Gasteiger partial charge < -0.3 is 19.5 Å². The molecule has 1 saturated heterocycles. The lowest BCUT2D eigenvalue weighted by Gasteiger charge is -2.27. The van der Waals surface area contributed by atoms with Gasteiger partial charge in [0.05, 0.1) is 23.8 Å². The van der Waals surface area contributed by atoms with Crippen molar-refractivity contribution in [3.8, 4) is 11.5 Å². The van der Waals surface area contributed by atoms with E-state index in [0.29, 0.717) is 29.2 Å². The van der Waals surface area contributed by atoms with Crippen molar-refractivity contribution in [2.45, 2.75) is 65.7 Å². The van der Waals surface area contributed by atoms with E-state index in [2.05, 4.69) is 0 Å². The van der Waals surface area contributed by atoms with Crippen molar-refractivity contribution >= 4 is 17.4 Å². The number of unbranched alkanes of at least 4 members (excludes halogenated alkanes) is 1. The molecule has 6 nitrogen and oxygen atoms in total. The number of aliphatic hydroxyl groups excluding tert-OH is 1. The van der Waals surface area contributed by atoms with E-state index in [0.717, 1.165) is 12.8 Å². The number of carbonyl (C=O) groups is 2. The van der Waals surface area contributed by atoms with E-state index in [9.17, 15) is 14.7 Å². The van der Waals surface area contributed by atoms with E-state index in [4.69, 9.17) is 9.47 Å². The van der Waals surface area contributed by atoms with Gasteiger partial charge in [0.25, 0.3) is 11.7 Å². The Labute approximate surface area is 195 Å². The predicted octanol–water partition coefficient (Wildman–Crippen LogP) is 5.48. The third-order valence-corrected chi connectivity index (χ3v) is 5.35. The summed E-state index contributed by atoms with van der Waals surface area (Å²) in [5.41, 5.74) is 1.17. The number of rotatable bonds is 9. The second-order valence-electron chi connectivity index (χ2n) is 8.74. The molecule has 1 heterocycles. The fourth-order valence-corrected chi connectivity index (χ4v) is 3.97. The quantitative estimate of drug-likeness (QED) is 0.310. The van der Waals surface area contributed by atoms with Crippen LogP contribution in [-0.2, 0) is 9.59 Å². The monoisotopic (exact) mass is 451 g/mol. The van der Waals surface area contributed by atoms with E-state index < -0.39 is 17.7 Å². The second kappa shape index (κ2) is 10.6. The number of carbonyl (C=O) groups excluding carboxylic acids is 2. The van der Waals surface area contributed by atoms with Gasteiger partial charge in [-0.15, -0.1) is 0 Å². The number of likely N-dealkylation sites (tertiary alicyclic amines) is 1. The smallest absolute Gasteiger partial charge is 0.295 e. The number of ether oxygens (including phenoxy) is 2. The number of hydrogen-bond donors (Lipinski definition) is 1. The van der Waals surface area contributed by atoms with Crippen LogP contribution in [0, 0.1) is 0 Å². The Bertz CT molecular complexity index is 1040. The molecule has 3 rings (SSSR count). The number of benzene rings is 2. The third kappa shape index (κ3) is 5.38. The first-order valence-corrected chi connectivity index (χ1v) is 11.6. The Hall–Kier alpha value is -3.28. The number of ketones is 1. The lowest BCUT2D eigenvalue weighted by molar-refractivity contribution is -0.139. The van der Waals surface area contributed by atoms with E-state index in [1.807, 2.05) is 58.9 Å². The summed E-state index contributed by atoms with van der Waals surface area (Å²) >= 11 is 0. The number of hydrogen-bond acceptors (Lipinski definition) is 5. The highest BCUT2D eigenvalue weighted by molar-refractivity contribution is 6.46. The predicted molar refractivity (Wildman–Crippen MR) is 128 cm³/mol. The summed E-state index contributed by atoms with van der Waals surface area (Å²) in [5, 5.41) is 11.3. The Morgan fingerprint density at radius 2 is 1.70 bits per heavy atom. The molecule has 0 radical (unpaired) electrons. The van der Waals surface area contributed by atoms with Crippen LogP contribution in [0.25, 0.3) is 5.76 Å². The van der Waals surface area contributed by atoms with E-state index in [1.165, 1.54) is 0 Å². The zero-order chi connectivity index (χ0) is 24.1. The minimum absolute atomic E-state index is 0.0397. The molecule has 0 bridgehead atoms. The van der Waals surface area contributed by atoms with Gasteiger partial charge >= 0.3 is 0 Å². The molecular formula is C27H33NO5. The standard InChI is InChI=1S/C27H33NO5/c1-6-7-15-28-24(21-13-8-9-14-22(21)33-18(4)5)23(26(30)27(28)31)25(29)19-11-10-12-20(16-19)32-17(2)3/h8-14,16-18,24,29H,6-7,15H2,1-5H3/b25-23-. The molecule has 0 aromatic heterocycles. The summed E-state index contributed by atoms with van der Waals surface area (Å²) in [4.78, 5) is 27.8. The molecule has 1 unspecified atom stereocenters. The van der Waals surface area contributed by atoms with Crippen molar-refractivity contribution in [3.63, 3.8) is 0 Å². The maximum absolute atomic E-state index is 13.2. The SMILES string of the molecule is CCCCN1C(=O)C(=O)/C(=C(\O)c2cccc(OC(C)C)c2)C1c1ccccc1OC(C)C. The largest absolute Gasteiger partial charge is 0.507 e. The maximum Gasteiger partial charge on any atom is 0.295 e. The summed E-state index contributed by atoms with van der Waals surface area (Å²) in [5.74, 6) is -0.351. The van der Waals surface area contributed by atoms with Gasteiger partial charge in [-0.1, -0.05) is 43.7 Å². The molecule has 0 aliphatic carbocycles. The average Bonchev–Trinajstić information content (AvgIpc) is 3.01. The number of Topliss-reactive ketones (excluding diaryl/α,β-unsaturated/α-hetero) is 1. The van der Waals surface area contributed by atoms with E-state index >= 15 is 0 Å². The molecule has 1 aliphatic rings. The summed E-state index contributed by atoms with van der Waals surface area (Å²) in [6.07, 6.45) is 1.49. The molecule has 0 saturated carbocycles. The molecule has 1 atom stereocenters. The van der Waals surface area contributed by atoms with Crippen LogP contribution >= 0.6 is 0 Å². The minimum atomic E-state index is -0.735. The lowest BCUT2D eigenvalue weighted by Crippen LogP contribution is -2.31. The topological polar surface area (TPSA) is 76.1 Å². The zero-order valence-corrected chi connectivity index (χ0v) is 20.0. The summed E-state index contributed by atoms with van der Waals surface area (Å²) in [7, 11) is 0. The number of nitrogens with zero attached hydrogens (tertiary/aromatic N) is 1. The van der Waals surface area contributed by atoms with Crippen LogP contribution in [0.5, 0.6) is 11.5 Å². The van der Waals surface area contributed by atoms with Crippen LogP contribution in [-0.4, -0.2) is 40.4 Å². The van der Waals surface area contributed by atoms with Gasteiger partial charge in [0.1, 0.15) is 17.3 Å². The van der Waals surface area contributed by atoms with Gasteiger partial charge in [-0.25, -0.2) is 0 Å². The average molecular weight is 452 g/mol. The number of aliphatic hydroxyl groups is 1. The first-order valence-electron chi connectivity index (χ1n) is 11.6. The molecule has 0 spiro atoms. The molecule has 1 N–H and O–H groups in total. The summed E-state index contributed by atoms with van der Waals surface area (Å²) in [6, 6.07) is 13.6. The van der Waals surface area contributed by atoms with Gasteiger partial charge in [-0.2, -0.15) is 0 Å². The van der Waals surface area contributed by atoms with Crippen LogP contribution in [0.3, 0.4) is 0 Å². The van der Waals surface area contributed by atoms with Crippen LogP contribution in [0.1, 0.15) is 64.6 Å². The highest BCUT2D eigenvalue weighted by Crippen LogP contribution is 2.43. The Kier molecular flexibility index (Phi) is 7.79. The first-order chi connectivity index (χ1) is 15.7. The molecule has 2 aromatic rings. The second-order valence-corrected chi connectivity index (χ2v) is 8.74.